The molecule has 0 bridgehead atoms. The van der Waals surface area contributed by atoms with Gasteiger partial charge in [-0.1, -0.05) is 28.9 Å². The zero-order chi connectivity index (χ0) is 13.0. The first-order valence-electron chi connectivity index (χ1n) is 5.77. The van der Waals surface area contributed by atoms with Crippen LogP contribution in [0.5, 0.6) is 11.5 Å². The summed E-state index contributed by atoms with van der Waals surface area (Å²) in [5.74, 6) is 2.00. The van der Waals surface area contributed by atoms with E-state index in [1.807, 2.05) is 29.1 Å². The SMILES string of the molecule is CCCn1cc(Oc2ccc(CCl)c(Br)c2)cn1. The number of nitrogens with zero attached hydrogens (tertiary/aromatic N) is 2. The lowest BCUT2D eigenvalue weighted by Crippen LogP contribution is -1.95. The standard InChI is InChI=1S/C13H14BrClN2O/c1-2-5-17-9-12(8-16-17)18-11-4-3-10(7-15)13(14)6-11/h3-4,6,8-9H,2,5,7H2,1H3. The van der Waals surface area contributed by atoms with E-state index >= 15 is 0 Å². The molecule has 0 saturated carbocycles. The highest BCUT2D eigenvalue weighted by Crippen LogP contribution is 2.27. The second-order valence-corrected chi connectivity index (χ2v) is 5.05. The number of ether oxygens (including phenoxy) is 1. The van der Waals surface area contributed by atoms with Gasteiger partial charge < -0.3 is 4.74 Å². The first-order valence-corrected chi connectivity index (χ1v) is 7.10. The molecule has 1 aromatic heterocycles. The normalized spacial score (nSPS) is 10.6. The molecule has 0 aliphatic carbocycles. The topological polar surface area (TPSA) is 27.1 Å². The van der Waals surface area contributed by atoms with E-state index < -0.39 is 0 Å². The molecular weight excluding hydrogens is 316 g/mol. The Morgan fingerprint density at radius 1 is 1.39 bits per heavy atom. The van der Waals surface area contributed by atoms with Gasteiger partial charge in [-0.2, -0.15) is 5.10 Å². The molecule has 18 heavy (non-hydrogen) atoms. The molecule has 0 amide bonds. The van der Waals surface area contributed by atoms with Gasteiger partial charge in [0, 0.05) is 16.9 Å². The molecule has 2 rings (SSSR count). The van der Waals surface area contributed by atoms with Crippen LogP contribution in [0, 0.1) is 0 Å². The van der Waals surface area contributed by atoms with Crippen molar-refractivity contribution in [3.63, 3.8) is 0 Å². The molecule has 0 fully saturated rings. The van der Waals surface area contributed by atoms with E-state index in [9.17, 15) is 0 Å². The summed E-state index contributed by atoms with van der Waals surface area (Å²) in [6, 6.07) is 5.76. The number of benzene rings is 1. The molecule has 0 aliphatic rings. The van der Waals surface area contributed by atoms with E-state index in [0.29, 0.717) is 5.88 Å². The van der Waals surface area contributed by atoms with E-state index in [4.69, 9.17) is 16.3 Å². The summed E-state index contributed by atoms with van der Waals surface area (Å²) in [5.41, 5.74) is 1.05. The van der Waals surface area contributed by atoms with Crippen LogP contribution < -0.4 is 4.74 Å². The molecule has 1 heterocycles. The number of rotatable bonds is 5. The van der Waals surface area contributed by atoms with Crippen LogP contribution in [0.25, 0.3) is 0 Å². The monoisotopic (exact) mass is 328 g/mol. The Balaban J connectivity index is 2.10. The van der Waals surface area contributed by atoms with E-state index in [1.165, 1.54) is 0 Å². The van der Waals surface area contributed by atoms with Gasteiger partial charge in [-0.3, -0.25) is 4.68 Å². The largest absolute Gasteiger partial charge is 0.454 e. The molecule has 0 aliphatic heterocycles. The predicted octanol–water partition coefficient (Wildman–Crippen LogP) is 4.59. The fourth-order valence-corrected chi connectivity index (χ4v) is 2.48. The summed E-state index contributed by atoms with van der Waals surface area (Å²) in [6.45, 7) is 3.02. The van der Waals surface area contributed by atoms with Gasteiger partial charge in [-0.25, -0.2) is 0 Å². The summed E-state index contributed by atoms with van der Waals surface area (Å²) in [4.78, 5) is 0. The highest BCUT2D eigenvalue weighted by molar-refractivity contribution is 9.10. The zero-order valence-electron chi connectivity index (χ0n) is 10.1. The Morgan fingerprint density at radius 3 is 2.89 bits per heavy atom. The molecule has 0 unspecified atom stereocenters. The zero-order valence-corrected chi connectivity index (χ0v) is 12.4. The summed E-state index contributed by atoms with van der Waals surface area (Å²) < 4.78 is 8.56. The van der Waals surface area contributed by atoms with Crippen molar-refractivity contribution in [2.24, 2.45) is 0 Å². The van der Waals surface area contributed by atoms with Crippen LogP contribution in [0.2, 0.25) is 0 Å². The van der Waals surface area contributed by atoms with Gasteiger partial charge in [0.2, 0.25) is 0 Å². The van der Waals surface area contributed by atoms with Gasteiger partial charge in [0.1, 0.15) is 5.75 Å². The first-order chi connectivity index (χ1) is 8.72. The van der Waals surface area contributed by atoms with Crippen molar-refractivity contribution in [2.45, 2.75) is 25.8 Å². The van der Waals surface area contributed by atoms with Gasteiger partial charge in [0.25, 0.3) is 0 Å². The third kappa shape index (κ3) is 3.27. The van der Waals surface area contributed by atoms with Gasteiger partial charge >= 0.3 is 0 Å². The van der Waals surface area contributed by atoms with Gasteiger partial charge in [-0.05, 0) is 24.1 Å². The van der Waals surface area contributed by atoms with Crippen LogP contribution in [0.3, 0.4) is 0 Å². The molecule has 0 N–H and O–H groups in total. The maximum absolute atomic E-state index is 5.80. The lowest BCUT2D eigenvalue weighted by atomic mass is 10.2. The minimum absolute atomic E-state index is 0.481. The smallest absolute Gasteiger partial charge is 0.165 e. The second kappa shape index (κ2) is 6.25. The Hall–Kier alpha value is -1.00. The third-order valence-electron chi connectivity index (χ3n) is 2.47. The molecular formula is C13H14BrClN2O. The van der Waals surface area contributed by atoms with Crippen LogP contribution in [0.1, 0.15) is 18.9 Å². The Labute approximate surface area is 120 Å². The van der Waals surface area contributed by atoms with Crippen LogP contribution in [0.4, 0.5) is 0 Å². The van der Waals surface area contributed by atoms with Crippen molar-refractivity contribution >= 4 is 27.5 Å². The van der Waals surface area contributed by atoms with Crippen molar-refractivity contribution < 1.29 is 4.74 Å². The quantitative estimate of drug-likeness (QED) is 0.750. The number of alkyl halides is 1. The summed E-state index contributed by atoms with van der Waals surface area (Å²) in [7, 11) is 0. The minimum atomic E-state index is 0.481. The molecule has 0 spiro atoms. The second-order valence-electron chi connectivity index (χ2n) is 3.93. The summed E-state index contributed by atoms with van der Waals surface area (Å²) >= 11 is 9.26. The average molecular weight is 330 g/mol. The number of hydrogen-bond donors (Lipinski definition) is 0. The van der Waals surface area contributed by atoms with E-state index in [-0.39, 0.29) is 0 Å². The Morgan fingerprint density at radius 2 is 2.22 bits per heavy atom. The van der Waals surface area contributed by atoms with Crippen LogP contribution in [-0.2, 0) is 12.4 Å². The fourth-order valence-electron chi connectivity index (χ4n) is 1.58. The first kappa shape index (κ1) is 13.4. The predicted molar refractivity (Wildman–Crippen MR) is 76.3 cm³/mol. The van der Waals surface area contributed by atoms with Crippen molar-refractivity contribution in [3.8, 4) is 11.5 Å². The number of aryl methyl sites for hydroxylation is 1. The molecule has 1 aromatic carbocycles. The van der Waals surface area contributed by atoms with Gasteiger partial charge in [0.05, 0.1) is 12.4 Å². The third-order valence-corrected chi connectivity index (χ3v) is 3.49. The molecule has 0 radical (unpaired) electrons. The molecule has 2 aromatic rings. The summed E-state index contributed by atoms with van der Waals surface area (Å²) in [6.07, 6.45) is 4.67. The fraction of sp³-hybridized carbons (Fsp3) is 0.308. The van der Waals surface area contributed by atoms with Gasteiger partial charge in [-0.15, -0.1) is 11.6 Å². The number of aromatic nitrogens is 2. The molecule has 96 valence electrons. The number of halogens is 2. The van der Waals surface area contributed by atoms with Crippen LogP contribution in [0.15, 0.2) is 35.1 Å². The van der Waals surface area contributed by atoms with Crippen LogP contribution in [-0.4, -0.2) is 9.78 Å². The van der Waals surface area contributed by atoms with Crippen molar-refractivity contribution in [2.75, 3.05) is 0 Å². The Kier molecular flexibility index (Phi) is 4.66. The maximum Gasteiger partial charge on any atom is 0.165 e. The number of hydrogen-bond acceptors (Lipinski definition) is 2. The lowest BCUT2D eigenvalue weighted by Gasteiger charge is -2.05. The van der Waals surface area contributed by atoms with Crippen molar-refractivity contribution in [1.82, 2.24) is 9.78 Å². The highest BCUT2D eigenvalue weighted by atomic mass is 79.9. The van der Waals surface area contributed by atoms with E-state index in [2.05, 4.69) is 28.0 Å². The molecule has 0 atom stereocenters. The van der Waals surface area contributed by atoms with Crippen molar-refractivity contribution in [1.29, 1.82) is 0 Å². The average Bonchev–Trinajstić information content (AvgIpc) is 2.77. The molecule has 5 heteroatoms. The van der Waals surface area contributed by atoms with E-state index in [0.717, 1.165) is 34.5 Å². The van der Waals surface area contributed by atoms with Crippen LogP contribution >= 0.6 is 27.5 Å². The van der Waals surface area contributed by atoms with Gasteiger partial charge in [0.15, 0.2) is 5.75 Å². The molecule has 3 nitrogen and oxygen atoms in total. The van der Waals surface area contributed by atoms with E-state index in [1.54, 1.807) is 6.20 Å². The summed E-state index contributed by atoms with van der Waals surface area (Å²) in [5, 5.41) is 4.22. The maximum atomic E-state index is 5.80. The lowest BCUT2D eigenvalue weighted by molar-refractivity contribution is 0.480. The minimum Gasteiger partial charge on any atom is -0.454 e. The molecule has 0 saturated heterocycles. The Bertz CT molecular complexity index is 527. The highest BCUT2D eigenvalue weighted by Gasteiger charge is 2.04. The van der Waals surface area contributed by atoms with Crippen molar-refractivity contribution in [3.05, 3.63) is 40.6 Å².